The number of methoxy groups -OCH3 is 3. The van der Waals surface area contributed by atoms with E-state index in [1.807, 2.05) is 42.5 Å². The molecule has 0 fully saturated rings. The second-order valence-corrected chi connectivity index (χ2v) is 11.2. The minimum atomic E-state index is -0.250. The van der Waals surface area contributed by atoms with E-state index in [1.165, 1.54) is 0 Å². The first kappa shape index (κ1) is 23.5. The molecule has 1 aliphatic heterocycles. The van der Waals surface area contributed by atoms with Crippen molar-refractivity contribution in [2.45, 2.75) is 18.6 Å². The van der Waals surface area contributed by atoms with Crippen molar-refractivity contribution in [3.8, 4) is 17.2 Å². The van der Waals surface area contributed by atoms with E-state index < -0.39 is 0 Å². The van der Waals surface area contributed by atoms with Gasteiger partial charge in [0.25, 0.3) is 0 Å². The van der Waals surface area contributed by atoms with Crippen LogP contribution in [-0.4, -0.2) is 36.1 Å². The molecule has 0 saturated heterocycles. The van der Waals surface area contributed by atoms with Gasteiger partial charge in [-0.1, -0.05) is 36.0 Å². The van der Waals surface area contributed by atoms with Crippen molar-refractivity contribution in [3.05, 3.63) is 88.6 Å². The van der Waals surface area contributed by atoms with Gasteiger partial charge in [0, 0.05) is 5.57 Å². The highest BCUT2D eigenvalue weighted by Gasteiger charge is 2.37. The predicted octanol–water partition coefficient (Wildman–Crippen LogP) is 7.05. The van der Waals surface area contributed by atoms with Crippen molar-refractivity contribution < 1.29 is 14.2 Å². The molecule has 0 aliphatic carbocycles. The standard InChI is InChI=1S/C28H26N2O3S2/c1-28(2)25(30-27(35-28)26-29-22-15-14-21(33-5)16-23(22)34-26)24(17-6-10-19(31-3)11-7-17)18-8-12-20(32-4)13-9-18/h6-16H,1-5H3. The van der Waals surface area contributed by atoms with Gasteiger partial charge >= 0.3 is 0 Å². The number of hydrogen-bond donors (Lipinski definition) is 0. The van der Waals surface area contributed by atoms with Crippen LogP contribution in [0.5, 0.6) is 17.2 Å². The summed E-state index contributed by atoms with van der Waals surface area (Å²) in [5, 5.41) is 1.86. The van der Waals surface area contributed by atoms with E-state index in [4.69, 9.17) is 24.2 Å². The lowest BCUT2D eigenvalue weighted by atomic mass is 9.91. The highest BCUT2D eigenvalue weighted by atomic mass is 32.2. The van der Waals surface area contributed by atoms with Crippen LogP contribution in [0.15, 0.2) is 77.4 Å². The lowest BCUT2D eigenvalue weighted by Crippen LogP contribution is -2.15. The van der Waals surface area contributed by atoms with E-state index in [0.717, 1.165) is 59.9 Å². The third-order valence-electron chi connectivity index (χ3n) is 5.91. The Hall–Kier alpha value is -3.29. The Bertz CT molecular complexity index is 1390. The van der Waals surface area contributed by atoms with Crippen LogP contribution in [0.3, 0.4) is 0 Å². The fraction of sp³-hybridized carbons (Fsp3) is 0.214. The molecule has 2 heterocycles. The summed E-state index contributed by atoms with van der Waals surface area (Å²) in [6.45, 7) is 4.43. The monoisotopic (exact) mass is 502 g/mol. The van der Waals surface area contributed by atoms with Crippen LogP contribution in [0.1, 0.15) is 30.0 Å². The summed E-state index contributed by atoms with van der Waals surface area (Å²) in [6, 6.07) is 22.3. The fourth-order valence-corrected chi connectivity index (χ4v) is 6.20. The molecular weight excluding hydrogens is 476 g/mol. The fourth-order valence-electron chi connectivity index (χ4n) is 4.08. The zero-order chi connectivity index (χ0) is 24.6. The molecule has 0 spiro atoms. The van der Waals surface area contributed by atoms with Gasteiger partial charge in [-0.05, 0) is 67.4 Å². The summed E-state index contributed by atoms with van der Waals surface area (Å²) in [7, 11) is 5.04. The van der Waals surface area contributed by atoms with Crippen LogP contribution >= 0.6 is 23.1 Å². The molecule has 4 aromatic rings. The van der Waals surface area contributed by atoms with Gasteiger partial charge in [-0.2, -0.15) is 0 Å². The van der Waals surface area contributed by atoms with E-state index in [0.29, 0.717) is 0 Å². The van der Waals surface area contributed by atoms with E-state index in [9.17, 15) is 0 Å². The summed E-state index contributed by atoms with van der Waals surface area (Å²) in [5.41, 5.74) is 5.22. The summed E-state index contributed by atoms with van der Waals surface area (Å²) in [5.74, 6) is 2.47. The number of thiazole rings is 1. The van der Waals surface area contributed by atoms with Gasteiger partial charge in [0.2, 0.25) is 0 Å². The lowest BCUT2D eigenvalue weighted by molar-refractivity contribution is 0.414. The Morgan fingerprint density at radius 3 is 1.83 bits per heavy atom. The predicted molar refractivity (Wildman–Crippen MR) is 146 cm³/mol. The van der Waals surface area contributed by atoms with Gasteiger partial charge in [-0.25, -0.2) is 9.98 Å². The maximum atomic E-state index is 5.39. The number of aliphatic imine (C=N–C) groups is 1. The molecule has 5 rings (SSSR count). The van der Waals surface area contributed by atoms with Crippen LogP contribution < -0.4 is 14.2 Å². The van der Waals surface area contributed by atoms with Gasteiger partial charge in [0.1, 0.15) is 27.3 Å². The number of thioether (sulfide) groups is 1. The van der Waals surface area contributed by atoms with Crippen molar-refractivity contribution in [1.82, 2.24) is 4.98 Å². The normalized spacial score (nSPS) is 14.7. The molecule has 0 unspecified atom stereocenters. The summed E-state index contributed by atoms with van der Waals surface area (Å²) >= 11 is 3.39. The maximum Gasteiger partial charge on any atom is 0.149 e. The lowest BCUT2D eigenvalue weighted by Gasteiger charge is -2.22. The van der Waals surface area contributed by atoms with Gasteiger partial charge in [0.05, 0.1) is 42.0 Å². The Morgan fingerprint density at radius 1 is 0.743 bits per heavy atom. The van der Waals surface area contributed by atoms with E-state index in [1.54, 1.807) is 44.4 Å². The topological polar surface area (TPSA) is 52.9 Å². The molecule has 1 aliphatic rings. The number of aromatic nitrogens is 1. The molecule has 7 heteroatoms. The van der Waals surface area contributed by atoms with Crippen LogP contribution in [0.25, 0.3) is 15.8 Å². The smallest absolute Gasteiger partial charge is 0.149 e. The number of rotatable bonds is 6. The minimum absolute atomic E-state index is 0.250. The first-order valence-corrected chi connectivity index (χ1v) is 12.8. The number of nitrogens with zero attached hydrogens (tertiary/aromatic N) is 2. The van der Waals surface area contributed by atoms with Gasteiger partial charge in [-0.15, -0.1) is 11.3 Å². The van der Waals surface area contributed by atoms with E-state index in [-0.39, 0.29) is 4.75 Å². The molecule has 178 valence electrons. The van der Waals surface area contributed by atoms with Crippen molar-refractivity contribution in [2.24, 2.45) is 4.99 Å². The molecule has 0 radical (unpaired) electrons. The van der Waals surface area contributed by atoms with Gasteiger partial charge < -0.3 is 14.2 Å². The first-order valence-electron chi connectivity index (χ1n) is 11.2. The van der Waals surface area contributed by atoms with Crippen LogP contribution in [0.2, 0.25) is 0 Å². The zero-order valence-electron chi connectivity index (χ0n) is 20.3. The zero-order valence-corrected chi connectivity index (χ0v) is 21.9. The Kier molecular flexibility index (Phi) is 6.30. The molecular formula is C28H26N2O3S2. The summed E-state index contributed by atoms with van der Waals surface area (Å²) in [4.78, 5) is 10.1. The Balaban J connectivity index is 1.67. The molecule has 0 bridgehead atoms. The third kappa shape index (κ3) is 4.54. The van der Waals surface area contributed by atoms with Crippen molar-refractivity contribution >= 4 is 43.9 Å². The number of hydrogen-bond acceptors (Lipinski definition) is 7. The molecule has 0 atom stereocenters. The van der Waals surface area contributed by atoms with Crippen LogP contribution in [-0.2, 0) is 0 Å². The maximum absolute atomic E-state index is 5.39. The minimum Gasteiger partial charge on any atom is -0.497 e. The quantitative estimate of drug-likeness (QED) is 0.283. The van der Waals surface area contributed by atoms with Crippen molar-refractivity contribution in [3.63, 3.8) is 0 Å². The second-order valence-electron chi connectivity index (χ2n) is 8.56. The van der Waals surface area contributed by atoms with Crippen LogP contribution in [0, 0.1) is 0 Å². The molecule has 5 nitrogen and oxygen atoms in total. The summed E-state index contributed by atoms with van der Waals surface area (Å²) in [6.07, 6.45) is 0. The van der Waals surface area contributed by atoms with Crippen LogP contribution in [0.4, 0.5) is 0 Å². The van der Waals surface area contributed by atoms with E-state index in [2.05, 4.69) is 38.1 Å². The van der Waals surface area contributed by atoms with Crippen molar-refractivity contribution in [1.29, 1.82) is 0 Å². The van der Waals surface area contributed by atoms with Gasteiger partial charge in [0.15, 0.2) is 0 Å². The molecule has 0 saturated carbocycles. The average molecular weight is 503 g/mol. The summed E-state index contributed by atoms with van der Waals surface area (Å²) < 4.78 is 17.0. The molecule has 1 aromatic heterocycles. The number of ether oxygens (including phenoxy) is 3. The molecule has 35 heavy (non-hydrogen) atoms. The SMILES string of the molecule is COc1ccc(C(=C2N=C(c3nc4ccc(OC)cc4s3)SC2(C)C)c2ccc(OC)cc2)cc1. The Labute approximate surface area is 213 Å². The number of fused-ring (bicyclic) bond motifs is 1. The number of benzene rings is 3. The average Bonchev–Trinajstić information content (AvgIpc) is 3.45. The third-order valence-corrected chi connectivity index (χ3v) is 8.24. The van der Waals surface area contributed by atoms with E-state index >= 15 is 0 Å². The molecule has 0 N–H and O–H groups in total. The molecule has 3 aromatic carbocycles. The first-order chi connectivity index (χ1) is 16.9. The Morgan fingerprint density at radius 2 is 1.29 bits per heavy atom. The van der Waals surface area contributed by atoms with Crippen molar-refractivity contribution in [2.75, 3.05) is 21.3 Å². The molecule has 0 amide bonds. The highest BCUT2D eigenvalue weighted by Crippen LogP contribution is 2.48. The largest absolute Gasteiger partial charge is 0.497 e. The second kappa shape index (κ2) is 9.40. The van der Waals surface area contributed by atoms with Gasteiger partial charge in [-0.3, -0.25) is 0 Å². The highest BCUT2D eigenvalue weighted by molar-refractivity contribution is 8.16.